The molecule has 1 aromatic rings. The highest BCUT2D eigenvalue weighted by Gasteiger charge is 2.20. The fourth-order valence-corrected chi connectivity index (χ4v) is 3.47. The number of carbonyl (C=O) groups is 1. The van der Waals surface area contributed by atoms with E-state index in [0.29, 0.717) is 24.2 Å². The minimum atomic E-state index is -3.48. The van der Waals surface area contributed by atoms with Crippen LogP contribution in [0.3, 0.4) is 0 Å². The summed E-state index contributed by atoms with van der Waals surface area (Å²) in [7, 11) is -1.97. The first-order chi connectivity index (χ1) is 8.79. The molecule has 0 aliphatic carbocycles. The molecule has 1 rings (SSSR count). The second-order valence-corrected chi connectivity index (χ2v) is 6.48. The maximum Gasteiger partial charge on any atom is 0.335 e. The zero-order chi connectivity index (χ0) is 14.6. The van der Waals surface area contributed by atoms with Crippen molar-refractivity contribution in [2.24, 2.45) is 0 Å². The zero-order valence-electron chi connectivity index (χ0n) is 11.3. The highest BCUT2D eigenvalue weighted by molar-refractivity contribution is 7.91. The van der Waals surface area contributed by atoms with Crippen LogP contribution in [-0.4, -0.2) is 39.0 Å². The van der Waals surface area contributed by atoms with Crippen LogP contribution in [0.25, 0.3) is 0 Å². The summed E-state index contributed by atoms with van der Waals surface area (Å²) >= 11 is 0. The monoisotopic (exact) mass is 286 g/mol. The molecule has 0 saturated heterocycles. The molecule has 0 bridgehead atoms. The minimum absolute atomic E-state index is 0.0240. The van der Waals surface area contributed by atoms with E-state index in [2.05, 4.69) is 0 Å². The van der Waals surface area contributed by atoms with Crippen molar-refractivity contribution in [2.75, 3.05) is 19.5 Å². The van der Waals surface area contributed by atoms with Crippen LogP contribution in [-0.2, 0) is 14.6 Å². The molecule has 19 heavy (non-hydrogen) atoms. The Morgan fingerprint density at radius 2 is 1.89 bits per heavy atom. The van der Waals surface area contributed by atoms with Gasteiger partial charge in [-0.05, 0) is 37.5 Å². The van der Waals surface area contributed by atoms with Gasteiger partial charge in [0.05, 0.1) is 16.2 Å². The number of ether oxygens (including phenoxy) is 1. The molecule has 1 N–H and O–H groups in total. The van der Waals surface area contributed by atoms with Gasteiger partial charge >= 0.3 is 5.97 Å². The van der Waals surface area contributed by atoms with Crippen LogP contribution >= 0.6 is 0 Å². The third-order valence-corrected chi connectivity index (χ3v) is 4.79. The van der Waals surface area contributed by atoms with E-state index < -0.39 is 15.8 Å². The number of rotatable bonds is 6. The Bertz CT molecular complexity index is 575. The van der Waals surface area contributed by atoms with Crippen molar-refractivity contribution in [1.29, 1.82) is 0 Å². The van der Waals surface area contributed by atoms with E-state index in [1.807, 2.05) is 0 Å². The number of hydrogen-bond donors (Lipinski definition) is 1. The van der Waals surface area contributed by atoms with Gasteiger partial charge < -0.3 is 9.84 Å². The van der Waals surface area contributed by atoms with Crippen LogP contribution in [0, 0.1) is 13.8 Å². The Morgan fingerprint density at radius 1 is 1.26 bits per heavy atom. The Hall–Kier alpha value is -1.40. The molecule has 0 atom stereocenters. The molecule has 6 heteroatoms. The maximum absolute atomic E-state index is 12.2. The van der Waals surface area contributed by atoms with Gasteiger partial charge in [0.2, 0.25) is 0 Å². The van der Waals surface area contributed by atoms with Crippen LogP contribution < -0.4 is 0 Å². The van der Waals surface area contributed by atoms with Crippen LogP contribution in [0.1, 0.15) is 27.9 Å². The normalized spacial score (nSPS) is 11.5. The first kappa shape index (κ1) is 15.7. The quantitative estimate of drug-likeness (QED) is 0.807. The van der Waals surface area contributed by atoms with E-state index in [1.54, 1.807) is 19.9 Å². The zero-order valence-corrected chi connectivity index (χ0v) is 12.1. The van der Waals surface area contributed by atoms with Crippen molar-refractivity contribution >= 4 is 15.8 Å². The fourth-order valence-electron chi connectivity index (χ4n) is 1.90. The lowest BCUT2D eigenvalue weighted by molar-refractivity contribution is 0.0696. The van der Waals surface area contributed by atoms with Gasteiger partial charge in [-0.15, -0.1) is 0 Å². The molecule has 0 spiro atoms. The number of aryl methyl sites for hydroxylation is 2. The Kier molecular flexibility index (Phi) is 5.08. The van der Waals surface area contributed by atoms with E-state index in [-0.39, 0.29) is 16.2 Å². The first-order valence-electron chi connectivity index (χ1n) is 5.86. The van der Waals surface area contributed by atoms with Gasteiger partial charge in [0.15, 0.2) is 9.84 Å². The van der Waals surface area contributed by atoms with Gasteiger partial charge in [0.1, 0.15) is 0 Å². The van der Waals surface area contributed by atoms with Gasteiger partial charge in [0.25, 0.3) is 0 Å². The molecular weight excluding hydrogens is 268 g/mol. The second-order valence-electron chi connectivity index (χ2n) is 4.40. The topological polar surface area (TPSA) is 80.7 Å². The van der Waals surface area contributed by atoms with Gasteiger partial charge in [0, 0.05) is 13.7 Å². The van der Waals surface area contributed by atoms with E-state index >= 15 is 0 Å². The number of aromatic carboxylic acids is 1. The standard InChI is InChI=1S/C13H18O5S/c1-9-7-10(2)12(8-11(9)13(14)15)19(16,17)6-4-5-18-3/h7-8H,4-6H2,1-3H3,(H,14,15). The minimum Gasteiger partial charge on any atom is -0.478 e. The van der Waals surface area contributed by atoms with Gasteiger partial charge in [-0.25, -0.2) is 13.2 Å². The van der Waals surface area contributed by atoms with Gasteiger partial charge in [-0.2, -0.15) is 0 Å². The SMILES string of the molecule is COCCCS(=O)(=O)c1cc(C(=O)O)c(C)cc1C. The van der Waals surface area contributed by atoms with Crippen molar-refractivity contribution in [1.82, 2.24) is 0 Å². The molecule has 0 fully saturated rings. The van der Waals surface area contributed by atoms with Crippen molar-refractivity contribution in [3.8, 4) is 0 Å². The molecule has 0 radical (unpaired) electrons. The average Bonchev–Trinajstić information content (AvgIpc) is 2.28. The number of methoxy groups -OCH3 is 1. The number of sulfone groups is 1. The molecule has 0 heterocycles. The molecule has 0 aliphatic rings. The summed E-state index contributed by atoms with van der Waals surface area (Å²) < 4.78 is 29.2. The number of benzene rings is 1. The van der Waals surface area contributed by atoms with Crippen molar-refractivity contribution < 1.29 is 23.1 Å². The van der Waals surface area contributed by atoms with Gasteiger partial charge in [-0.1, -0.05) is 6.07 Å². The molecule has 0 aromatic heterocycles. The summed E-state index contributed by atoms with van der Waals surface area (Å²) in [5.74, 6) is -1.17. The van der Waals surface area contributed by atoms with E-state index in [4.69, 9.17) is 9.84 Å². The molecule has 0 aliphatic heterocycles. The molecule has 5 nitrogen and oxygen atoms in total. The summed E-state index contributed by atoms with van der Waals surface area (Å²) in [5, 5.41) is 9.05. The first-order valence-corrected chi connectivity index (χ1v) is 7.51. The maximum atomic E-state index is 12.2. The summed E-state index contributed by atoms with van der Waals surface area (Å²) in [6.07, 6.45) is 0.383. The van der Waals surface area contributed by atoms with Crippen molar-refractivity contribution in [3.63, 3.8) is 0 Å². The summed E-state index contributed by atoms with van der Waals surface area (Å²) in [4.78, 5) is 11.1. The number of hydrogen-bond acceptors (Lipinski definition) is 4. The summed E-state index contributed by atoms with van der Waals surface area (Å²) in [6.45, 7) is 3.68. The van der Waals surface area contributed by atoms with E-state index in [9.17, 15) is 13.2 Å². The van der Waals surface area contributed by atoms with Crippen molar-refractivity contribution in [3.05, 3.63) is 28.8 Å². The fraction of sp³-hybridized carbons (Fsp3) is 0.462. The third-order valence-electron chi connectivity index (χ3n) is 2.85. The number of carboxylic acid groups (broad SMARTS) is 1. The van der Waals surface area contributed by atoms with Crippen LogP contribution in [0.4, 0.5) is 0 Å². The lowest BCUT2D eigenvalue weighted by Crippen LogP contribution is -2.12. The summed E-state index contributed by atoms with van der Waals surface area (Å²) in [6, 6.07) is 2.84. The van der Waals surface area contributed by atoms with Crippen LogP contribution in [0.15, 0.2) is 17.0 Å². The lowest BCUT2D eigenvalue weighted by atomic mass is 10.1. The molecule has 106 valence electrons. The largest absolute Gasteiger partial charge is 0.478 e. The molecule has 0 unspecified atom stereocenters. The van der Waals surface area contributed by atoms with E-state index in [1.165, 1.54) is 13.2 Å². The smallest absolute Gasteiger partial charge is 0.335 e. The lowest BCUT2D eigenvalue weighted by Gasteiger charge is -2.10. The Labute approximate surface area is 113 Å². The molecular formula is C13H18O5S. The Morgan fingerprint density at radius 3 is 2.42 bits per heavy atom. The number of carboxylic acids is 1. The molecule has 1 aromatic carbocycles. The Balaban J connectivity index is 3.19. The molecule has 0 amide bonds. The van der Waals surface area contributed by atoms with E-state index in [0.717, 1.165) is 0 Å². The predicted octanol–water partition coefficient (Wildman–Crippen LogP) is 1.81. The highest BCUT2D eigenvalue weighted by Crippen LogP contribution is 2.22. The third kappa shape index (κ3) is 3.78. The van der Waals surface area contributed by atoms with Crippen LogP contribution in [0.2, 0.25) is 0 Å². The van der Waals surface area contributed by atoms with Gasteiger partial charge in [-0.3, -0.25) is 0 Å². The predicted molar refractivity (Wildman–Crippen MR) is 71.4 cm³/mol. The van der Waals surface area contributed by atoms with Crippen LogP contribution in [0.5, 0.6) is 0 Å². The molecule has 0 saturated carbocycles. The second kappa shape index (κ2) is 6.16. The van der Waals surface area contributed by atoms with Crippen molar-refractivity contribution in [2.45, 2.75) is 25.2 Å². The summed E-state index contributed by atoms with van der Waals surface area (Å²) in [5.41, 5.74) is 1.15. The highest BCUT2D eigenvalue weighted by atomic mass is 32.2. The average molecular weight is 286 g/mol.